The molecule has 0 fully saturated rings. The third-order valence-corrected chi connectivity index (χ3v) is 4.85. The lowest BCUT2D eigenvalue weighted by molar-refractivity contribution is -0.120. The number of carbonyl (C=O) groups is 1. The molecule has 0 atom stereocenters. The van der Waals surface area contributed by atoms with E-state index in [0.29, 0.717) is 12.2 Å². The lowest BCUT2D eigenvalue weighted by Crippen LogP contribution is -2.38. The fraction of sp³-hybridized carbons (Fsp3) is 0.429. The van der Waals surface area contributed by atoms with Crippen molar-refractivity contribution in [1.82, 2.24) is 30.2 Å². The maximum atomic E-state index is 14.6. The van der Waals surface area contributed by atoms with Gasteiger partial charge in [0.05, 0.1) is 29.6 Å². The number of hydrogen-bond donors (Lipinski definition) is 3. The number of alkyl halides is 2. The van der Waals surface area contributed by atoms with Gasteiger partial charge in [-0.3, -0.25) is 4.79 Å². The molecule has 1 aliphatic carbocycles. The summed E-state index contributed by atoms with van der Waals surface area (Å²) in [7, 11) is 1.72. The number of carbonyl (C=O) groups excluding carboxylic acids is 1. The van der Waals surface area contributed by atoms with Gasteiger partial charge in [-0.2, -0.15) is 0 Å². The maximum absolute atomic E-state index is 14.6. The van der Waals surface area contributed by atoms with Gasteiger partial charge in [-0.1, -0.05) is 0 Å². The molecule has 3 N–H and O–H groups in total. The van der Waals surface area contributed by atoms with Gasteiger partial charge in [-0.15, -0.1) is 0 Å². The quantitative estimate of drug-likeness (QED) is 0.556. The van der Waals surface area contributed by atoms with Crippen LogP contribution in [0.4, 0.5) is 14.7 Å². The second kappa shape index (κ2) is 9.34. The van der Waals surface area contributed by atoms with Gasteiger partial charge >= 0.3 is 0 Å². The van der Waals surface area contributed by atoms with Gasteiger partial charge in [-0.05, 0) is 46.0 Å². The van der Waals surface area contributed by atoms with E-state index in [1.165, 1.54) is 6.08 Å². The minimum atomic E-state index is -3.30. The first-order valence-electron chi connectivity index (χ1n) is 10.1. The van der Waals surface area contributed by atoms with Gasteiger partial charge in [0.1, 0.15) is 5.82 Å². The number of allylic oxidation sites excluding steroid dienone is 3. The van der Waals surface area contributed by atoms with Crippen molar-refractivity contribution in [3.63, 3.8) is 0 Å². The first kappa shape index (κ1) is 22.5. The van der Waals surface area contributed by atoms with Crippen molar-refractivity contribution in [1.29, 1.82) is 0 Å². The van der Waals surface area contributed by atoms with Crippen molar-refractivity contribution in [3.05, 3.63) is 47.7 Å². The van der Waals surface area contributed by atoms with E-state index in [2.05, 4.69) is 30.9 Å². The molecule has 0 saturated heterocycles. The number of halogens is 2. The molecule has 2 heterocycles. The molecule has 0 unspecified atom stereocenters. The SMILES string of the molecule is CNCCNC(=O)C1=CC=C(Nc2nccc(-c3cnc(C)n3C(C)C)n2)CC1(F)F. The molecule has 0 spiro atoms. The van der Waals surface area contributed by atoms with Gasteiger partial charge in [0.15, 0.2) is 0 Å². The van der Waals surface area contributed by atoms with E-state index in [1.807, 2.05) is 25.3 Å². The molecule has 3 rings (SSSR count). The van der Waals surface area contributed by atoms with Crippen LogP contribution in [0.15, 0.2) is 41.9 Å². The van der Waals surface area contributed by atoms with Crippen LogP contribution in [0.2, 0.25) is 0 Å². The largest absolute Gasteiger partial charge is 0.351 e. The van der Waals surface area contributed by atoms with Crippen molar-refractivity contribution in [3.8, 4) is 11.4 Å². The number of imidazole rings is 1. The summed E-state index contributed by atoms with van der Waals surface area (Å²) in [6, 6.07) is 1.93. The first-order valence-corrected chi connectivity index (χ1v) is 10.1. The van der Waals surface area contributed by atoms with Crippen LogP contribution >= 0.6 is 0 Å². The highest BCUT2D eigenvalue weighted by atomic mass is 19.3. The van der Waals surface area contributed by atoms with Gasteiger partial charge in [0.2, 0.25) is 5.95 Å². The molecule has 0 aliphatic heterocycles. The topological polar surface area (TPSA) is 96.8 Å². The number of amides is 1. The molecule has 0 saturated carbocycles. The highest BCUT2D eigenvalue weighted by Crippen LogP contribution is 2.35. The minimum Gasteiger partial charge on any atom is -0.351 e. The number of anilines is 1. The monoisotopic (exact) mass is 431 g/mol. The Hall–Kier alpha value is -3.14. The van der Waals surface area contributed by atoms with E-state index in [4.69, 9.17) is 0 Å². The number of rotatable bonds is 8. The van der Waals surface area contributed by atoms with Crippen LogP contribution in [0.1, 0.15) is 32.1 Å². The lowest BCUT2D eigenvalue weighted by atomic mass is 9.97. The van der Waals surface area contributed by atoms with Crippen molar-refractivity contribution in [2.45, 2.75) is 39.2 Å². The van der Waals surface area contributed by atoms with Gasteiger partial charge in [0.25, 0.3) is 11.8 Å². The smallest absolute Gasteiger partial charge is 0.283 e. The molecule has 8 nitrogen and oxygen atoms in total. The Labute approximate surface area is 179 Å². The fourth-order valence-corrected chi connectivity index (χ4v) is 3.42. The predicted octanol–water partition coefficient (Wildman–Crippen LogP) is 2.83. The Bertz CT molecular complexity index is 1010. The number of nitrogens with zero attached hydrogens (tertiary/aromatic N) is 4. The Balaban J connectivity index is 1.79. The first-order chi connectivity index (χ1) is 14.7. The van der Waals surface area contributed by atoms with Gasteiger partial charge in [-0.25, -0.2) is 23.7 Å². The second-order valence-electron chi connectivity index (χ2n) is 7.56. The van der Waals surface area contributed by atoms with E-state index >= 15 is 0 Å². The highest BCUT2D eigenvalue weighted by Gasteiger charge is 2.41. The average molecular weight is 431 g/mol. The molecular weight excluding hydrogens is 404 g/mol. The Morgan fingerprint density at radius 3 is 2.71 bits per heavy atom. The van der Waals surface area contributed by atoms with E-state index in [-0.39, 0.29) is 24.2 Å². The molecular formula is C21H27F2N7O. The molecule has 0 bridgehead atoms. The molecule has 0 aromatic carbocycles. The zero-order valence-corrected chi connectivity index (χ0v) is 18.0. The van der Waals surface area contributed by atoms with Crippen molar-refractivity contribution in [2.75, 3.05) is 25.5 Å². The van der Waals surface area contributed by atoms with E-state index < -0.39 is 23.8 Å². The van der Waals surface area contributed by atoms with E-state index in [0.717, 1.165) is 17.6 Å². The Morgan fingerprint density at radius 1 is 1.26 bits per heavy atom. The summed E-state index contributed by atoms with van der Waals surface area (Å²) in [6.45, 7) is 6.77. The van der Waals surface area contributed by atoms with Crippen LogP contribution in [-0.2, 0) is 4.79 Å². The highest BCUT2D eigenvalue weighted by molar-refractivity contribution is 5.95. The summed E-state index contributed by atoms with van der Waals surface area (Å²) in [6.07, 6.45) is 5.26. The van der Waals surface area contributed by atoms with Gasteiger partial charge < -0.3 is 20.5 Å². The minimum absolute atomic E-state index is 0.187. The van der Waals surface area contributed by atoms with Crippen LogP contribution in [0, 0.1) is 6.92 Å². The van der Waals surface area contributed by atoms with E-state index in [9.17, 15) is 13.6 Å². The normalized spacial score (nSPS) is 15.5. The molecule has 2 aromatic rings. The van der Waals surface area contributed by atoms with Crippen LogP contribution in [0.25, 0.3) is 11.4 Å². The van der Waals surface area contributed by atoms with Gasteiger partial charge in [0, 0.05) is 31.0 Å². The number of nitrogens with one attached hydrogen (secondary N) is 3. The molecule has 10 heteroatoms. The van der Waals surface area contributed by atoms with Crippen LogP contribution in [0.3, 0.4) is 0 Å². The summed E-state index contributed by atoms with van der Waals surface area (Å²) in [5.41, 5.74) is 1.12. The van der Waals surface area contributed by atoms with Crippen molar-refractivity contribution >= 4 is 11.9 Å². The summed E-state index contributed by atoms with van der Waals surface area (Å²) >= 11 is 0. The molecule has 1 amide bonds. The lowest BCUT2D eigenvalue weighted by Gasteiger charge is -2.24. The van der Waals surface area contributed by atoms with Crippen molar-refractivity contribution < 1.29 is 13.6 Å². The summed E-state index contributed by atoms with van der Waals surface area (Å²) in [5.74, 6) is -3.01. The number of aryl methyl sites for hydroxylation is 1. The van der Waals surface area contributed by atoms with E-state index in [1.54, 1.807) is 25.5 Å². The van der Waals surface area contributed by atoms with Crippen LogP contribution in [0.5, 0.6) is 0 Å². The average Bonchev–Trinajstić information content (AvgIpc) is 3.09. The zero-order chi connectivity index (χ0) is 22.6. The predicted molar refractivity (Wildman–Crippen MR) is 115 cm³/mol. The van der Waals surface area contributed by atoms with Crippen LogP contribution < -0.4 is 16.0 Å². The molecule has 0 radical (unpaired) electrons. The molecule has 166 valence electrons. The molecule has 1 aliphatic rings. The van der Waals surface area contributed by atoms with Crippen molar-refractivity contribution in [2.24, 2.45) is 0 Å². The summed E-state index contributed by atoms with van der Waals surface area (Å²) in [5, 5.41) is 8.19. The molecule has 31 heavy (non-hydrogen) atoms. The third-order valence-electron chi connectivity index (χ3n) is 4.85. The summed E-state index contributed by atoms with van der Waals surface area (Å²) < 4.78 is 31.2. The van der Waals surface area contributed by atoms with Crippen LogP contribution in [-0.4, -0.2) is 51.5 Å². The zero-order valence-electron chi connectivity index (χ0n) is 18.0. The number of hydrogen-bond acceptors (Lipinski definition) is 6. The Morgan fingerprint density at radius 2 is 2.03 bits per heavy atom. The fourth-order valence-electron chi connectivity index (χ4n) is 3.42. The summed E-state index contributed by atoms with van der Waals surface area (Å²) in [4.78, 5) is 25.0. The second-order valence-corrected chi connectivity index (χ2v) is 7.56. The number of likely N-dealkylation sites (N-methyl/N-ethyl adjacent to an activating group) is 1. The number of aromatic nitrogens is 4. The molecule has 2 aromatic heterocycles. The maximum Gasteiger partial charge on any atom is 0.283 e. The standard InChI is InChI=1S/C21H27F2N7O/c1-13(2)30-14(3)27-12-18(30)17-7-8-26-20(29-17)28-15-5-6-16(21(22,23)11-15)19(31)25-10-9-24-4/h5-8,12-13,24H,9-11H2,1-4H3,(H,25,31)(H,26,28,29). The Kier molecular flexibility index (Phi) is 6.79. The third kappa shape index (κ3) is 5.13.